The second-order valence-corrected chi connectivity index (χ2v) is 4.87. The molecule has 5 nitrogen and oxygen atoms in total. The fourth-order valence-corrected chi connectivity index (χ4v) is 2.42. The molecule has 0 saturated carbocycles. The van der Waals surface area contributed by atoms with E-state index < -0.39 is 0 Å². The van der Waals surface area contributed by atoms with Crippen LogP contribution in [0.25, 0.3) is 22.4 Å². The predicted molar refractivity (Wildman–Crippen MR) is 83.2 cm³/mol. The van der Waals surface area contributed by atoms with Gasteiger partial charge in [0.15, 0.2) is 5.82 Å². The van der Waals surface area contributed by atoms with E-state index in [4.69, 9.17) is 22.1 Å². The van der Waals surface area contributed by atoms with Crippen molar-refractivity contribution < 1.29 is 4.74 Å². The normalized spacial score (nSPS) is 10.6. The zero-order valence-electron chi connectivity index (χ0n) is 11.3. The molecule has 0 bridgehead atoms. The molecule has 0 unspecified atom stereocenters. The van der Waals surface area contributed by atoms with Crippen LogP contribution in [0.2, 0.25) is 5.02 Å². The molecule has 0 spiro atoms. The van der Waals surface area contributed by atoms with Crippen LogP contribution in [0.3, 0.4) is 0 Å². The summed E-state index contributed by atoms with van der Waals surface area (Å²) in [6, 6.07) is 11.2. The Bertz CT molecular complexity index is 785. The molecule has 3 aromatic rings. The van der Waals surface area contributed by atoms with Gasteiger partial charge in [0.25, 0.3) is 0 Å². The molecule has 2 aromatic heterocycles. The highest BCUT2D eigenvalue weighted by molar-refractivity contribution is 6.30. The summed E-state index contributed by atoms with van der Waals surface area (Å²) in [7, 11) is 1.57. The summed E-state index contributed by atoms with van der Waals surface area (Å²) in [6.07, 6.45) is 1.67. The molecule has 0 aliphatic carbocycles. The van der Waals surface area contributed by atoms with Gasteiger partial charge in [-0.25, -0.2) is 4.98 Å². The molecule has 6 heteroatoms. The molecule has 3 N–H and O–H groups in total. The molecule has 0 atom stereocenters. The number of pyridine rings is 1. The zero-order valence-corrected chi connectivity index (χ0v) is 12.1. The Morgan fingerprint density at radius 2 is 2.10 bits per heavy atom. The molecule has 0 aliphatic heterocycles. The van der Waals surface area contributed by atoms with Crippen molar-refractivity contribution in [1.29, 1.82) is 0 Å². The summed E-state index contributed by atoms with van der Waals surface area (Å²) >= 11 is 6.06. The van der Waals surface area contributed by atoms with E-state index in [0.717, 1.165) is 22.4 Å². The molecule has 2 heterocycles. The molecule has 0 fully saturated rings. The van der Waals surface area contributed by atoms with E-state index in [2.05, 4.69) is 15.2 Å². The van der Waals surface area contributed by atoms with E-state index in [-0.39, 0.29) is 0 Å². The fourth-order valence-electron chi connectivity index (χ4n) is 2.23. The largest absolute Gasteiger partial charge is 0.481 e. The van der Waals surface area contributed by atoms with Crippen LogP contribution in [0.1, 0.15) is 0 Å². The molecule has 3 rings (SSSR count). The third-order valence-electron chi connectivity index (χ3n) is 3.14. The van der Waals surface area contributed by atoms with E-state index in [1.807, 2.05) is 36.4 Å². The Labute approximate surface area is 126 Å². The van der Waals surface area contributed by atoms with Gasteiger partial charge in [0.1, 0.15) is 0 Å². The van der Waals surface area contributed by atoms with Crippen LogP contribution in [0.5, 0.6) is 5.88 Å². The van der Waals surface area contributed by atoms with Gasteiger partial charge in [-0.05, 0) is 29.8 Å². The summed E-state index contributed by atoms with van der Waals surface area (Å²) in [5.41, 5.74) is 9.21. The number of aromatic nitrogens is 3. The van der Waals surface area contributed by atoms with Crippen molar-refractivity contribution in [2.24, 2.45) is 0 Å². The smallest absolute Gasteiger partial charge is 0.222 e. The van der Waals surface area contributed by atoms with Crippen LogP contribution in [0.4, 0.5) is 5.82 Å². The first-order chi connectivity index (χ1) is 10.2. The number of H-pyrrole nitrogens is 1. The van der Waals surface area contributed by atoms with Gasteiger partial charge in [0.05, 0.1) is 23.9 Å². The Kier molecular flexibility index (Phi) is 3.50. The Morgan fingerprint density at radius 1 is 1.24 bits per heavy atom. The van der Waals surface area contributed by atoms with Crippen LogP contribution < -0.4 is 10.5 Å². The highest BCUT2D eigenvalue weighted by Crippen LogP contribution is 2.38. The van der Waals surface area contributed by atoms with Crippen molar-refractivity contribution in [2.45, 2.75) is 0 Å². The average Bonchev–Trinajstić information content (AvgIpc) is 2.88. The van der Waals surface area contributed by atoms with Crippen molar-refractivity contribution in [3.8, 4) is 28.3 Å². The lowest BCUT2D eigenvalue weighted by Crippen LogP contribution is -1.93. The first-order valence-corrected chi connectivity index (χ1v) is 6.67. The predicted octanol–water partition coefficient (Wildman–Crippen LogP) is 3.38. The average molecular weight is 301 g/mol. The monoisotopic (exact) mass is 300 g/mol. The van der Waals surface area contributed by atoms with Crippen LogP contribution in [0, 0.1) is 0 Å². The maximum absolute atomic E-state index is 6.06. The number of nitrogens with one attached hydrogen (secondary N) is 1. The number of benzene rings is 1. The molecule has 0 amide bonds. The molecular weight excluding hydrogens is 288 g/mol. The van der Waals surface area contributed by atoms with Crippen molar-refractivity contribution in [1.82, 2.24) is 15.2 Å². The number of hydrogen-bond acceptors (Lipinski definition) is 4. The number of aromatic amines is 1. The summed E-state index contributed by atoms with van der Waals surface area (Å²) in [4.78, 5) is 4.20. The third-order valence-corrected chi connectivity index (χ3v) is 3.38. The minimum absolute atomic E-state index is 0.401. The fraction of sp³-hybridized carbons (Fsp3) is 0.0667. The number of methoxy groups -OCH3 is 1. The van der Waals surface area contributed by atoms with Crippen molar-refractivity contribution in [2.75, 3.05) is 12.8 Å². The van der Waals surface area contributed by atoms with E-state index in [9.17, 15) is 0 Å². The summed E-state index contributed by atoms with van der Waals surface area (Å²) in [6.45, 7) is 0. The highest BCUT2D eigenvalue weighted by atomic mass is 35.5. The van der Waals surface area contributed by atoms with Gasteiger partial charge in [-0.1, -0.05) is 23.7 Å². The van der Waals surface area contributed by atoms with Crippen LogP contribution in [-0.2, 0) is 0 Å². The van der Waals surface area contributed by atoms with Gasteiger partial charge >= 0.3 is 0 Å². The summed E-state index contributed by atoms with van der Waals surface area (Å²) in [5.74, 6) is 0.905. The second-order valence-electron chi connectivity index (χ2n) is 4.43. The lowest BCUT2D eigenvalue weighted by atomic mass is 10.0. The topological polar surface area (TPSA) is 76.8 Å². The minimum atomic E-state index is 0.401. The molecule has 0 aliphatic rings. The maximum Gasteiger partial charge on any atom is 0.222 e. The first-order valence-electron chi connectivity index (χ1n) is 6.30. The van der Waals surface area contributed by atoms with Crippen molar-refractivity contribution >= 4 is 17.4 Å². The molecule has 106 valence electrons. The van der Waals surface area contributed by atoms with Crippen LogP contribution in [0.15, 0.2) is 42.6 Å². The molecule has 1 aromatic carbocycles. The molecular formula is C15H13ClN4O. The van der Waals surface area contributed by atoms with Gasteiger partial charge in [0, 0.05) is 11.2 Å². The van der Waals surface area contributed by atoms with Crippen molar-refractivity contribution in [3.05, 3.63) is 47.6 Å². The third kappa shape index (κ3) is 2.43. The summed E-state index contributed by atoms with van der Waals surface area (Å²) < 4.78 is 5.30. The number of rotatable bonds is 3. The molecule has 0 radical (unpaired) electrons. The molecule has 21 heavy (non-hydrogen) atoms. The quantitative estimate of drug-likeness (QED) is 0.777. The van der Waals surface area contributed by atoms with E-state index in [0.29, 0.717) is 16.7 Å². The maximum atomic E-state index is 6.06. The lowest BCUT2D eigenvalue weighted by Gasteiger charge is -2.08. The Balaban J connectivity index is 2.22. The molecule has 0 saturated heterocycles. The number of hydrogen-bond donors (Lipinski definition) is 2. The number of halogens is 1. The number of ether oxygens (including phenoxy) is 1. The minimum Gasteiger partial charge on any atom is -0.481 e. The lowest BCUT2D eigenvalue weighted by molar-refractivity contribution is 0.399. The second kappa shape index (κ2) is 5.46. The number of nitrogen functional groups attached to an aromatic ring is 1. The van der Waals surface area contributed by atoms with Gasteiger partial charge in [-0.3, -0.25) is 5.10 Å². The van der Waals surface area contributed by atoms with E-state index in [1.54, 1.807) is 13.3 Å². The number of nitrogens with zero attached hydrogens (tertiary/aromatic N) is 2. The van der Waals surface area contributed by atoms with Gasteiger partial charge in [0.2, 0.25) is 5.88 Å². The van der Waals surface area contributed by atoms with Gasteiger partial charge in [-0.2, -0.15) is 5.10 Å². The Morgan fingerprint density at radius 3 is 2.86 bits per heavy atom. The Hall–Kier alpha value is -2.53. The zero-order chi connectivity index (χ0) is 14.8. The van der Waals surface area contributed by atoms with Gasteiger partial charge in [-0.15, -0.1) is 0 Å². The summed E-state index contributed by atoms with van der Waals surface area (Å²) in [5, 5.41) is 7.68. The van der Waals surface area contributed by atoms with Crippen LogP contribution >= 0.6 is 11.6 Å². The first kappa shape index (κ1) is 13.5. The van der Waals surface area contributed by atoms with Crippen LogP contribution in [-0.4, -0.2) is 22.3 Å². The highest BCUT2D eigenvalue weighted by Gasteiger charge is 2.18. The van der Waals surface area contributed by atoms with Gasteiger partial charge < -0.3 is 10.5 Å². The van der Waals surface area contributed by atoms with E-state index in [1.165, 1.54) is 0 Å². The number of nitrogens with two attached hydrogens (primary N) is 1. The number of anilines is 1. The van der Waals surface area contributed by atoms with Crippen molar-refractivity contribution in [3.63, 3.8) is 0 Å². The standard InChI is InChI=1S/C15H13ClN4O/c1-21-15-11(6-3-7-18-15)13-12(14(17)20-19-13)9-4-2-5-10(16)8-9/h2-8H,1H3,(H3,17,19,20). The SMILES string of the molecule is COc1ncccc1-c1[nH]nc(N)c1-c1cccc(Cl)c1. The van der Waals surface area contributed by atoms with E-state index >= 15 is 0 Å².